The summed E-state index contributed by atoms with van der Waals surface area (Å²) in [6.07, 6.45) is 1.76. The molecule has 2 N–H and O–H groups in total. The molecule has 0 fully saturated rings. The number of aryl methyl sites for hydroxylation is 1. The fraction of sp³-hybridized carbons (Fsp3) is 0.250. The van der Waals surface area contributed by atoms with Gasteiger partial charge in [-0.15, -0.1) is 0 Å². The second kappa shape index (κ2) is 9.36. The molecule has 0 aliphatic carbocycles. The van der Waals surface area contributed by atoms with Gasteiger partial charge >= 0.3 is 0 Å². The molecule has 0 spiro atoms. The predicted molar refractivity (Wildman–Crippen MR) is 106 cm³/mol. The van der Waals surface area contributed by atoms with Crippen LogP contribution in [0.1, 0.15) is 24.0 Å². The number of rotatable bonds is 7. The molecule has 2 rings (SSSR count). The van der Waals surface area contributed by atoms with Gasteiger partial charge in [-0.25, -0.2) is 5.43 Å². The lowest BCUT2D eigenvalue weighted by Gasteiger charge is -2.11. The van der Waals surface area contributed by atoms with Crippen molar-refractivity contribution in [1.82, 2.24) is 5.43 Å². The Hall–Kier alpha value is -3.15. The van der Waals surface area contributed by atoms with Crippen molar-refractivity contribution in [3.8, 4) is 0 Å². The first-order valence-corrected chi connectivity index (χ1v) is 8.40. The number of hydrogen-bond donors (Lipinski definition) is 2. The lowest BCUT2D eigenvalue weighted by atomic mass is 10.2. The summed E-state index contributed by atoms with van der Waals surface area (Å²) >= 11 is 0. The number of hydrogen-bond acceptors (Lipinski definition) is 4. The molecule has 2 aromatic rings. The SMILES string of the molecule is Cc1ccc(NC(=O)CCC(=O)NN=Cc2ccc(N(C)C)cc2)cc1. The Morgan fingerprint density at radius 1 is 0.962 bits per heavy atom. The topological polar surface area (TPSA) is 73.8 Å². The molecule has 0 aromatic heterocycles. The number of benzene rings is 2. The van der Waals surface area contributed by atoms with Crippen LogP contribution in [0.4, 0.5) is 11.4 Å². The zero-order valence-electron chi connectivity index (χ0n) is 15.3. The van der Waals surface area contributed by atoms with Gasteiger partial charge < -0.3 is 10.2 Å². The summed E-state index contributed by atoms with van der Waals surface area (Å²) in [7, 11) is 3.94. The zero-order chi connectivity index (χ0) is 18.9. The van der Waals surface area contributed by atoms with E-state index < -0.39 is 0 Å². The van der Waals surface area contributed by atoms with Crippen LogP contribution in [-0.2, 0) is 9.59 Å². The van der Waals surface area contributed by atoms with Crippen molar-refractivity contribution >= 4 is 29.4 Å². The highest BCUT2D eigenvalue weighted by Gasteiger charge is 2.06. The number of hydrazone groups is 1. The van der Waals surface area contributed by atoms with Crippen LogP contribution in [0, 0.1) is 6.92 Å². The molecule has 0 atom stereocenters. The van der Waals surface area contributed by atoms with Gasteiger partial charge in [0.25, 0.3) is 0 Å². The third-order valence-corrected chi connectivity index (χ3v) is 3.73. The van der Waals surface area contributed by atoms with Crippen molar-refractivity contribution in [3.05, 3.63) is 59.7 Å². The van der Waals surface area contributed by atoms with E-state index in [0.29, 0.717) is 0 Å². The molecule has 6 heteroatoms. The van der Waals surface area contributed by atoms with Crippen LogP contribution in [0.25, 0.3) is 0 Å². The molecule has 0 aliphatic heterocycles. The van der Waals surface area contributed by atoms with Gasteiger partial charge in [-0.1, -0.05) is 29.8 Å². The van der Waals surface area contributed by atoms with E-state index in [-0.39, 0.29) is 24.7 Å². The fourth-order valence-electron chi connectivity index (χ4n) is 2.18. The third kappa shape index (κ3) is 6.39. The molecule has 0 bridgehead atoms. The van der Waals surface area contributed by atoms with Gasteiger partial charge in [0.15, 0.2) is 0 Å². The van der Waals surface area contributed by atoms with Crippen LogP contribution in [-0.4, -0.2) is 32.1 Å². The highest BCUT2D eigenvalue weighted by molar-refractivity contribution is 5.93. The lowest BCUT2D eigenvalue weighted by Crippen LogP contribution is -2.20. The minimum atomic E-state index is -0.301. The number of nitrogens with one attached hydrogen (secondary N) is 2. The number of amides is 2. The highest BCUT2D eigenvalue weighted by Crippen LogP contribution is 2.11. The van der Waals surface area contributed by atoms with Gasteiger partial charge in [0, 0.05) is 38.3 Å². The maximum absolute atomic E-state index is 11.9. The quantitative estimate of drug-likeness (QED) is 0.594. The molecule has 0 saturated carbocycles. The molecule has 0 radical (unpaired) electrons. The molecular weight excluding hydrogens is 328 g/mol. The molecule has 136 valence electrons. The van der Waals surface area contributed by atoms with E-state index in [1.165, 1.54) is 0 Å². The average molecular weight is 352 g/mol. The van der Waals surface area contributed by atoms with Crippen LogP contribution in [0.5, 0.6) is 0 Å². The van der Waals surface area contributed by atoms with E-state index in [4.69, 9.17) is 0 Å². The van der Waals surface area contributed by atoms with E-state index in [9.17, 15) is 9.59 Å². The molecule has 26 heavy (non-hydrogen) atoms. The van der Waals surface area contributed by atoms with Crippen LogP contribution >= 0.6 is 0 Å². The maximum atomic E-state index is 11.9. The predicted octanol–water partition coefficient (Wildman–Crippen LogP) is 2.93. The van der Waals surface area contributed by atoms with Crippen molar-refractivity contribution in [2.45, 2.75) is 19.8 Å². The van der Waals surface area contributed by atoms with E-state index in [1.807, 2.05) is 74.4 Å². The summed E-state index contributed by atoms with van der Waals surface area (Å²) in [6.45, 7) is 1.98. The van der Waals surface area contributed by atoms with E-state index >= 15 is 0 Å². The first kappa shape index (κ1) is 19.2. The lowest BCUT2D eigenvalue weighted by molar-refractivity contribution is -0.124. The smallest absolute Gasteiger partial charge is 0.240 e. The molecule has 0 aliphatic rings. The van der Waals surface area contributed by atoms with Gasteiger partial charge in [-0.05, 0) is 36.8 Å². The second-order valence-electron chi connectivity index (χ2n) is 6.19. The minimum absolute atomic E-state index is 0.0780. The molecular formula is C20H24N4O2. The first-order valence-electron chi connectivity index (χ1n) is 8.40. The van der Waals surface area contributed by atoms with Crippen LogP contribution in [0.15, 0.2) is 53.6 Å². The fourth-order valence-corrected chi connectivity index (χ4v) is 2.18. The van der Waals surface area contributed by atoms with Crippen LogP contribution in [0.2, 0.25) is 0 Å². The summed E-state index contributed by atoms with van der Waals surface area (Å²) in [5, 5.41) is 6.68. The van der Waals surface area contributed by atoms with Gasteiger partial charge in [0.1, 0.15) is 0 Å². The Labute approximate surface area is 153 Å². The number of nitrogens with zero attached hydrogens (tertiary/aromatic N) is 2. The number of carbonyl (C=O) groups is 2. The Balaban J connectivity index is 1.72. The van der Waals surface area contributed by atoms with Gasteiger partial charge in [0.05, 0.1) is 6.21 Å². The molecule has 0 saturated heterocycles. The first-order chi connectivity index (χ1) is 12.4. The van der Waals surface area contributed by atoms with Gasteiger partial charge in [-0.3, -0.25) is 9.59 Å². The standard InChI is InChI=1S/C20H24N4O2/c1-15-4-8-17(9-5-15)22-19(25)12-13-20(26)23-21-14-16-6-10-18(11-7-16)24(2)3/h4-11,14H,12-13H2,1-3H3,(H,22,25)(H,23,26). The van der Waals surface area contributed by atoms with Crippen molar-refractivity contribution in [1.29, 1.82) is 0 Å². The second-order valence-corrected chi connectivity index (χ2v) is 6.19. The summed E-state index contributed by atoms with van der Waals surface area (Å²) in [5.74, 6) is -0.502. The molecule has 2 aromatic carbocycles. The van der Waals surface area contributed by atoms with Crippen molar-refractivity contribution < 1.29 is 9.59 Å². The summed E-state index contributed by atoms with van der Waals surface area (Å²) in [6, 6.07) is 15.3. The maximum Gasteiger partial charge on any atom is 0.240 e. The van der Waals surface area contributed by atoms with Gasteiger partial charge in [-0.2, -0.15) is 5.10 Å². The highest BCUT2D eigenvalue weighted by atomic mass is 16.2. The van der Waals surface area contributed by atoms with Crippen molar-refractivity contribution in [2.24, 2.45) is 5.10 Å². The molecule has 0 heterocycles. The summed E-state index contributed by atoms with van der Waals surface area (Å²) < 4.78 is 0. The molecule has 0 unspecified atom stereocenters. The van der Waals surface area contributed by atoms with Crippen LogP contribution in [0.3, 0.4) is 0 Å². The molecule has 2 amide bonds. The Morgan fingerprint density at radius 2 is 1.58 bits per heavy atom. The monoisotopic (exact) mass is 352 g/mol. The van der Waals surface area contributed by atoms with Crippen LogP contribution < -0.4 is 15.6 Å². The number of carbonyl (C=O) groups excluding carboxylic acids is 2. The zero-order valence-corrected chi connectivity index (χ0v) is 15.3. The third-order valence-electron chi connectivity index (χ3n) is 3.73. The van der Waals surface area contributed by atoms with E-state index in [0.717, 1.165) is 22.5 Å². The Kier molecular flexibility index (Phi) is 6.91. The Bertz CT molecular complexity index is 765. The van der Waals surface area contributed by atoms with Crippen molar-refractivity contribution in [3.63, 3.8) is 0 Å². The Morgan fingerprint density at radius 3 is 2.19 bits per heavy atom. The van der Waals surface area contributed by atoms with Gasteiger partial charge in [0.2, 0.25) is 11.8 Å². The summed E-state index contributed by atoms with van der Waals surface area (Å²) in [4.78, 5) is 25.6. The average Bonchev–Trinajstić information content (AvgIpc) is 2.62. The van der Waals surface area contributed by atoms with E-state index in [1.54, 1.807) is 6.21 Å². The normalized spacial score (nSPS) is 10.6. The van der Waals surface area contributed by atoms with E-state index in [2.05, 4.69) is 15.8 Å². The molecule has 6 nitrogen and oxygen atoms in total. The summed E-state index contributed by atoms with van der Waals surface area (Å²) in [5.41, 5.74) is 6.25. The number of anilines is 2. The van der Waals surface area contributed by atoms with Crippen molar-refractivity contribution in [2.75, 3.05) is 24.3 Å². The minimum Gasteiger partial charge on any atom is -0.378 e. The largest absolute Gasteiger partial charge is 0.378 e.